The summed E-state index contributed by atoms with van der Waals surface area (Å²) in [6.07, 6.45) is -4.19. The number of halogens is 5. The molecule has 4 rings (SSSR count). The van der Waals surface area contributed by atoms with Gasteiger partial charge in [0.25, 0.3) is 5.91 Å². The molecule has 0 saturated carbocycles. The fourth-order valence-electron chi connectivity index (χ4n) is 4.11. The minimum absolute atomic E-state index is 0.202. The van der Waals surface area contributed by atoms with Gasteiger partial charge in [-0.3, -0.25) is 9.79 Å². The third kappa shape index (κ3) is 4.26. The Labute approximate surface area is 194 Å². The molecule has 0 spiro atoms. The number of hydrogen-bond donors (Lipinski definition) is 0. The van der Waals surface area contributed by atoms with Crippen molar-refractivity contribution in [3.8, 4) is 0 Å². The van der Waals surface area contributed by atoms with E-state index < -0.39 is 11.7 Å². The van der Waals surface area contributed by atoms with Crippen molar-refractivity contribution in [2.24, 2.45) is 4.99 Å². The minimum atomic E-state index is -4.43. The second-order valence-electron chi connectivity index (χ2n) is 8.02. The molecule has 2 heterocycles. The Morgan fingerprint density at radius 1 is 1.22 bits per heavy atom. The Morgan fingerprint density at radius 2 is 1.91 bits per heavy atom. The first-order chi connectivity index (χ1) is 15.1. The Morgan fingerprint density at radius 3 is 2.56 bits per heavy atom. The van der Waals surface area contributed by atoms with Gasteiger partial charge in [0.1, 0.15) is 0 Å². The first-order valence-corrected chi connectivity index (χ1v) is 11.0. The molecule has 0 N–H and O–H groups in total. The average molecular weight is 485 g/mol. The zero-order valence-electron chi connectivity index (χ0n) is 17.5. The molecule has 170 valence electrons. The number of rotatable bonds is 3. The number of benzene rings is 2. The van der Waals surface area contributed by atoms with Gasteiger partial charge in [-0.2, -0.15) is 13.2 Å². The molecular weight excluding hydrogens is 464 g/mol. The lowest BCUT2D eigenvalue weighted by atomic mass is 9.91. The number of carbonyl (C=O) groups is 1. The van der Waals surface area contributed by atoms with E-state index in [9.17, 15) is 18.0 Å². The average Bonchev–Trinajstić information content (AvgIpc) is 3.07. The van der Waals surface area contributed by atoms with Crippen LogP contribution in [0.15, 0.2) is 29.3 Å². The molecule has 2 aliphatic heterocycles. The summed E-state index contributed by atoms with van der Waals surface area (Å²) in [4.78, 5) is 19.2. The summed E-state index contributed by atoms with van der Waals surface area (Å²) in [5.41, 5.74) is 2.39. The van der Waals surface area contributed by atoms with E-state index in [1.807, 2.05) is 6.92 Å². The normalized spacial score (nSPS) is 18.5. The van der Waals surface area contributed by atoms with Crippen molar-refractivity contribution in [2.45, 2.75) is 32.4 Å². The van der Waals surface area contributed by atoms with Gasteiger partial charge in [-0.05, 0) is 47.9 Å². The largest absolute Gasteiger partial charge is 0.416 e. The number of ether oxygens (including phenoxy) is 1. The Hall–Kier alpha value is -2.09. The van der Waals surface area contributed by atoms with E-state index >= 15 is 0 Å². The molecule has 9 heteroatoms. The molecular formula is C23H21Cl2F3N2O2. The predicted molar refractivity (Wildman–Crippen MR) is 119 cm³/mol. The van der Waals surface area contributed by atoms with Crippen LogP contribution in [0.4, 0.5) is 18.9 Å². The maximum atomic E-state index is 13.3. The summed E-state index contributed by atoms with van der Waals surface area (Å²) in [7, 11) is 0. The molecule has 0 aromatic heterocycles. The second kappa shape index (κ2) is 8.69. The summed E-state index contributed by atoms with van der Waals surface area (Å²) in [5, 5.41) is 0.625. The second-order valence-corrected chi connectivity index (χ2v) is 8.81. The molecule has 1 saturated heterocycles. The number of carbonyl (C=O) groups excluding carboxylic acids is 1. The maximum Gasteiger partial charge on any atom is 0.416 e. The third-order valence-electron chi connectivity index (χ3n) is 5.95. The standard InChI is InChI=1S/C23H21Cl2F3N2O2/c1-12-9-14(23(26,27)28)10-16-13(2)19(29-21(12)16)11-17-18(24)4-3-15(20(17)25)22(31)30-5-7-32-8-6-30/h3-4,9-10,13H,5-8,11H2,1-2H3. The van der Waals surface area contributed by atoms with Gasteiger partial charge in [0, 0.05) is 36.2 Å². The van der Waals surface area contributed by atoms with Gasteiger partial charge in [0.15, 0.2) is 0 Å². The zero-order chi connectivity index (χ0) is 23.2. The highest BCUT2D eigenvalue weighted by molar-refractivity contribution is 6.38. The Kier molecular flexibility index (Phi) is 6.27. The van der Waals surface area contributed by atoms with Gasteiger partial charge >= 0.3 is 6.18 Å². The zero-order valence-corrected chi connectivity index (χ0v) is 19.0. The molecule has 1 fully saturated rings. The van der Waals surface area contributed by atoms with E-state index in [2.05, 4.69) is 4.99 Å². The molecule has 1 amide bonds. The highest BCUT2D eigenvalue weighted by atomic mass is 35.5. The van der Waals surface area contributed by atoms with E-state index in [-0.39, 0.29) is 23.3 Å². The molecule has 32 heavy (non-hydrogen) atoms. The summed E-state index contributed by atoms with van der Waals surface area (Å²) < 4.78 is 45.1. The SMILES string of the molecule is Cc1cc(C(F)(F)F)cc2c1N=C(Cc1c(Cl)ccc(C(=O)N3CCOCC3)c1Cl)C2C. The number of fused-ring (bicyclic) bond motifs is 1. The molecule has 0 bridgehead atoms. The van der Waals surface area contributed by atoms with Crippen molar-refractivity contribution in [3.63, 3.8) is 0 Å². The van der Waals surface area contributed by atoms with Crippen molar-refractivity contribution in [1.82, 2.24) is 4.90 Å². The van der Waals surface area contributed by atoms with Crippen molar-refractivity contribution >= 4 is 40.5 Å². The third-order valence-corrected chi connectivity index (χ3v) is 6.74. The van der Waals surface area contributed by atoms with Crippen LogP contribution in [-0.4, -0.2) is 42.8 Å². The van der Waals surface area contributed by atoms with Crippen LogP contribution in [0.1, 0.15) is 45.5 Å². The molecule has 1 atom stereocenters. The van der Waals surface area contributed by atoms with Crippen LogP contribution in [0, 0.1) is 6.92 Å². The fourth-order valence-corrected chi connectivity index (χ4v) is 4.69. The fraction of sp³-hybridized carbons (Fsp3) is 0.391. The predicted octanol–water partition coefficient (Wildman–Crippen LogP) is 6.23. The summed E-state index contributed by atoms with van der Waals surface area (Å²) in [6, 6.07) is 5.49. The van der Waals surface area contributed by atoms with Gasteiger partial charge in [-0.25, -0.2) is 0 Å². The van der Waals surface area contributed by atoms with E-state index in [4.69, 9.17) is 27.9 Å². The smallest absolute Gasteiger partial charge is 0.378 e. The van der Waals surface area contributed by atoms with Crippen LogP contribution in [0.3, 0.4) is 0 Å². The van der Waals surface area contributed by atoms with Crippen LogP contribution in [-0.2, 0) is 17.3 Å². The number of aryl methyl sites for hydroxylation is 1. The van der Waals surface area contributed by atoms with E-state index in [0.717, 1.165) is 12.1 Å². The summed E-state index contributed by atoms with van der Waals surface area (Å²) in [6.45, 7) is 5.33. The van der Waals surface area contributed by atoms with Crippen LogP contribution in [0.2, 0.25) is 10.0 Å². The van der Waals surface area contributed by atoms with Crippen molar-refractivity contribution in [2.75, 3.05) is 26.3 Å². The van der Waals surface area contributed by atoms with Gasteiger partial charge in [-0.1, -0.05) is 30.1 Å². The number of morpholine rings is 1. The van der Waals surface area contributed by atoms with Gasteiger partial charge < -0.3 is 9.64 Å². The van der Waals surface area contributed by atoms with Crippen LogP contribution in [0.25, 0.3) is 0 Å². The van der Waals surface area contributed by atoms with Crippen molar-refractivity contribution < 1.29 is 22.7 Å². The molecule has 1 unspecified atom stereocenters. The Balaban J connectivity index is 1.65. The van der Waals surface area contributed by atoms with Crippen LogP contribution < -0.4 is 0 Å². The van der Waals surface area contributed by atoms with E-state index in [1.165, 1.54) is 0 Å². The molecule has 4 nitrogen and oxygen atoms in total. The highest BCUT2D eigenvalue weighted by Crippen LogP contribution is 2.43. The monoisotopic (exact) mass is 484 g/mol. The first kappa shape index (κ1) is 23.1. The summed E-state index contributed by atoms with van der Waals surface area (Å²) >= 11 is 13.0. The Bertz CT molecular complexity index is 1110. The number of aliphatic imine (C=N–C) groups is 1. The molecule has 2 aliphatic rings. The summed E-state index contributed by atoms with van der Waals surface area (Å²) in [5.74, 6) is -0.539. The number of hydrogen-bond acceptors (Lipinski definition) is 3. The van der Waals surface area contributed by atoms with Crippen molar-refractivity contribution in [1.29, 1.82) is 0 Å². The van der Waals surface area contributed by atoms with E-state index in [0.29, 0.717) is 65.0 Å². The number of amides is 1. The van der Waals surface area contributed by atoms with Crippen LogP contribution in [0.5, 0.6) is 0 Å². The topological polar surface area (TPSA) is 41.9 Å². The number of nitrogens with zero attached hydrogens (tertiary/aromatic N) is 2. The van der Waals surface area contributed by atoms with Crippen LogP contribution >= 0.6 is 23.2 Å². The van der Waals surface area contributed by atoms with Crippen molar-refractivity contribution in [3.05, 3.63) is 62.1 Å². The lowest BCUT2D eigenvalue weighted by Crippen LogP contribution is -2.40. The van der Waals surface area contributed by atoms with Gasteiger partial charge in [0.05, 0.1) is 35.1 Å². The quantitative estimate of drug-likeness (QED) is 0.518. The first-order valence-electron chi connectivity index (χ1n) is 10.2. The van der Waals surface area contributed by atoms with E-state index in [1.54, 1.807) is 24.0 Å². The number of alkyl halides is 3. The lowest BCUT2D eigenvalue weighted by molar-refractivity contribution is -0.137. The lowest BCUT2D eigenvalue weighted by Gasteiger charge is -2.27. The highest BCUT2D eigenvalue weighted by Gasteiger charge is 2.35. The maximum absolute atomic E-state index is 13.3. The molecule has 2 aromatic rings. The molecule has 0 aliphatic carbocycles. The molecule has 2 aromatic carbocycles. The van der Waals surface area contributed by atoms with Gasteiger partial charge in [-0.15, -0.1) is 0 Å². The molecule has 0 radical (unpaired) electrons. The van der Waals surface area contributed by atoms with Gasteiger partial charge in [0.2, 0.25) is 0 Å². The minimum Gasteiger partial charge on any atom is -0.378 e.